The number of nitrogens with two attached hydrogens (primary N) is 1. The van der Waals surface area contributed by atoms with E-state index in [1.54, 1.807) is 43.3 Å². The molecule has 2 N–H and O–H groups in total. The summed E-state index contributed by atoms with van der Waals surface area (Å²) in [6.45, 7) is 3.77. The van der Waals surface area contributed by atoms with Crippen molar-refractivity contribution in [1.29, 1.82) is 0 Å². The van der Waals surface area contributed by atoms with Crippen LogP contribution in [0.5, 0.6) is 0 Å². The number of carbonyl (C=O) groups excluding carboxylic acids is 1. The van der Waals surface area contributed by atoms with Crippen molar-refractivity contribution in [3.8, 4) is 0 Å². The second kappa shape index (κ2) is 6.93. The van der Waals surface area contributed by atoms with E-state index in [2.05, 4.69) is 0 Å². The molecule has 2 aromatic carbocycles. The number of benzene rings is 2. The summed E-state index contributed by atoms with van der Waals surface area (Å²) >= 11 is 0. The highest BCUT2D eigenvalue weighted by Gasteiger charge is 2.29. The number of nitrogens with zero attached hydrogens (tertiary/aromatic N) is 1. The molecule has 1 amide bonds. The second-order valence-electron chi connectivity index (χ2n) is 5.20. The number of carbonyl (C=O) groups is 1. The lowest BCUT2D eigenvalue weighted by Crippen LogP contribution is -2.36. The third-order valence-electron chi connectivity index (χ3n) is 3.47. The first-order chi connectivity index (χ1) is 10.9. The van der Waals surface area contributed by atoms with Gasteiger partial charge in [-0.2, -0.15) is 0 Å². The molecule has 0 fully saturated rings. The fourth-order valence-electron chi connectivity index (χ4n) is 2.19. The Labute approximate surface area is 136 Å². The highest BCUT2D eigenvalue weighted by molar-refractivity contribution is 7.93. The third-order valence-corrected chi connectivity index (χ3v) is 5.23. The van der Waals surface area contributed by atoms with Crippen LogP contribution in [0.15, 0.2) is 53.4 Å². The smallest absolute Gasteiger partial charge is 0.270 e. The van der Waals surface area contributed by atoms with Crippen molar-refractivity contribution in [2.75, 3.05) is 4.31 Å². The molecule has 122 valence electrons. The summed E-state index contributed by atoms with van der Waals surface area (Å²) in [4.78, 5) is 12.4. The largest absolute Gasteiger partial charge is 0.326 e. The Hall–Kier alpha value is -2.18. The van der Waals surface area contributed by atoms with Crippen molar-refractivity contribution >= 4 is 21.6 Å². The molecule has 0 unspecified atom stereocenters. The number of amides is 1. The predicted octanol–water partition coefficient (Wildman–Crippen LogP) is 2.59. The van der Waals surface area contributed by atoms with E-state index in [0.29, 0.717) is 5.69 Å². The lowest BCUT2D eigenvalue weighted by atomic mass is 10.2. The number of anilines is 1. The zero-order valence-electron chi connectivity index (χ0n) is 13.2. The van der Waals surface area contributed by atoms with Crippen molar-refractivity contribution in [1.82, 2.24) is 0 Å². The van der Waals surface area contributed by atoms with Crippen LogP contribution in [0.2, 0.25) is 0 Å². The molecule has 0 bridgehead atoms. The lowest BCUT2D eigenvalue weighted by Gasteiger charge is -2.22. The van der Waals surface area contributed by atoms with Gasteiger partial charge in [-0.15, -0.1) is 0 Å². The van der Waals surface area contributed by atoms with Crippen LogP contribution in [0.1, 0.15) is 24.5 Å². The van der Waals surface area contributed by atoms with Crippen molar-refractivity contribution in [3.63, 3.8) is 0 Å². The molecule has 0 saturated heterocycles. The van der Waals surface area contributed by atoms with Gasteiger partial charge in [0.05, 0.1) is 10.6 Å². The quantitative estimate of drug-likeness (QED) is 0.912. The molecule has 6 heteroatoms. The van der Waals surface area contributed by atoms with E-state index in [-0.39, 0.29) is 17.9 Å². The SMILES string of the molecule is CCC(=O)N(c1cccc(CN)c1)S(=O)(=O)c1ccc(C)cc1. The van der Waals surface area contributed by atoms with E-state index in [4.69, 9.17) is 5.73 Å². The Morgan fingerprint density at radius 3 is 2.35 bits per heavy atom. The van der Waals surface area contributed by atoms with Crippen LogP contribution in [0.4, 0.5) is 5.69 Å². The summed E-state index contributed by atoms with van der Waals surface area (Å²) in [5.41, 5.74) is 7.62. The van der Waals surface area contributed by atoms with Crippen molar-refractivity contribution < 1.29 is 13.2 Å². The minimum absolute atomic E-state index is 0.0813. The standard InChI is InChI=1S/C17H20N2O3S/c1-3-17(20)19(15-6-4-5-14(11-15)12-18)23(21,22)16-9-7-13(2)8-10-16/h4-11H,3,12,18H2,1-2H3. The van der Waals surface area contributed by atoms with Gasteiger partial charge in [0.25, 0.3) is 10.0 Å². The maximum absolute atomic E-state index is 12.9. The molecular formula is C17H20N2O3S. The summed E-state index contributed by atoms with van der Waals surface area (Å²) in [6, 6.07) is 13.1. The monoisotopic (exact) mass is 332 g/mol. The molecule has 0 spiro atoms. The Morgan fingerprint density at radius 2 is 1.78 bits per heavy atom. The maximum Gasteiger partial charge on any atom is 0.270 e. The fraction of sp³-hybridized carbons (Fsp3) is 0.235. The van der Waals surface area contributed by atoms with Crippen molar-refractivity contribution in [3.05, 3.63) is 59.7 Å². The molecular weight excluding hydrogens is 312 g/mol. The van der Waals surface area contributed by atoms with Crippen molar-refractivity contribution in [2.24, 2.45) is 5.73 Å². The summed E-state index contributed by atoms with van der Waals surface area (Å²) in [6.07, 6.45) is 0.0813. The highest BCUT2D eigenvalue weighted by Crippen LogP contribution is 2.25. The third kappa shape index (κ3) is 3.60. The van der Waals surface area contributed by atoms with E-state index in [0.717, 1.165) is 15.4 Å². The van der Waals surface area contributed by atoms with Gasteiger partial charge in [-0.1, -0.05) is 36.8 Å². The van der Waals surface area contributed by atoms with Gasteiger partial charge in [-0.3, -0.25) is 4.79 Å². The molecule has 2 rings (SSSR count). The molecule has 5 nitrogen and oxygen atoms in total. The second-order valence-corrected chi connectivity index (χ2v) is 6.99. The van der Waals surface area contributed by atoms with E-state index < -0.39 is 15.9 Å². The average molecular weight is 332 g/mol. The number of aryl methyl sites for hydroxylation is 1. The van der Waals surface area contributed by atoms with Crippen LogP contribution in [0.3, 0.4) is 0 Å². The van der Waals surface area contributed by atoms with Gasteiger partial charge in [0, 0.05) is 13.0 Å². The first-order valence-electron chi connectivity index (χ1n) is 7.34. The predicted molar refractivity (Wildman–Crippen MR) is 90.5 cm³/mol. The fourth-order valence-corrected chi connectivity index (χ4v) is 3.66. The number of hydrogen-bond donors (Lipinski definition) is 1. The van der Waals surface area contributed by atoms with Crippen LogP contribution in [0.25, 0.3) is 0 Å². The summed E-state index contributed by atoms with van der Waals surface area (Å²) in [7, 11) is -3.96. The van der Waals surface area contributed by atoms with Gasteiger partial charge in [0.1, 0.15) is 0 Å². The minimum Gasteiger partial charge on any atom is -0.326 e. The van der Waals surface area contributed by atoms with Gasteiger partial charge < -0.3 is 5.73 Å². The first kappa shape index (κ1) is 17.2. The molecule has 0 aliphatic rings. The Bertz CT molecular complexity index is 799. The molecule has 0 radical (unpaired) electrons. The number of hydrogen-bond acceptors (Lipinski definition) is 4. The Balaban J connectivity index is 2.58. The van der Waals surface area contributed by atoms with Crippen molar-refractivity contribution in [2.45, 2.75) is 31.7 Å². The van der Waals surface area contributed by atoms with E-state index in [1.165, 1.54) is 12.1 Å². The molecule has 23 heavy (non-hydrogen) atoms. The molecule has 0 atom stereocenters. The van der Waals surface area contributed by atoms with Gasteiger partial charge in [0.15, 0.2) is 0 Å². The van der Waals surface area contributed by atoms with Gasteiger partial charge in [-0.25, -0.2) is 12.7 Å². The van der Waals surface area contributed by atoms with E-state index in [9.17, 15) is 13.2 Å². The average Bonchev–Trinajstić information content (AvgIpc) is 2.55. The molecule has 0 aliphatic carbocycles. The minimum atomic E-state index is -3.96. The zero-order valence-corrected chi connectivity index (χ0v) is 14.0. The summed E-state index contributed by atoms with van der Waals surface area (Å²) in [5, 5.41) is 0. The van der Waals surface area contributed by atoms with E-state index >= 15 is 0 Å². The van der Waals surface area contributed by atoms with Gasteiger partial charge in [0.2, 0.25) is 5.91 Å². The van der Waals surface area contributed by atoms with E-state index in [1.807, 2.05) is 6.92 Å². The van der Waals surface area contributed by atoms with Gasteiger partial charge in [-0.05, 0) is 36.8 Å². The molecule has 0 saturated carbocycles. The number of sulfonamides is 1. The van der Waals surface area contributed by atoms with Gasteiger partial charge >= 0.3 is 0 Å². The highest BCUT2D eigenvalue weighted by atomic mass is 32.2. The van der Waals surface area contributed by atoms with Crippen LogP contribution in [0, 0.1) is 6.92 Å². The summed E-state index contributed by atoms with van der Waals surface area (Å²) < 4.78 is 26.7. The lowest BCUT2D eigenvalue weighted by molar-refractivity contribution is -0.117. The maximum atomic E-state index is 12.9. The summed E-state index contributed by atoms with van der Waals surface area (Å²) in [5.74, 6) is -0.486. The molecule has 0 aliphatic heterocycles. The van der Waals surface area contributed by atoms with Crippen LogP contribution in [-0.2, 0) is 21.4 Å². The van der Waals surface area contributed by atoms with Crippen LogP contribution >= 0.6 is 0 Å². The van der Waals surface area contributed by atoms with Crippen LogP contribution in [-0.4, -0.2) is 14.3 Å². The molecule has 0 aromatic heterocycles. The Kier molecular flexibility index (Phi) is 5.18. The first-order valence-corrected chi connectivity index (χ1v) is 8.78. The normalized spacial score (nSPS) is 11.3. The zero-order chi connectivity index (χ0) is 17.0. The van der Waals surface area contributed by atoms with Crippen LogP contribution < -0.4 is 10.0 Å². The topological polar surface area (TPSA) is 80.5 Å². The molecule has 2 aromatic rings. The Morgan fingerprint density at radius 1 is 1.13 bits per heavy atom. The number of rotatable bonds is 5. The molecule has 0 heterocycles.